The van der Waals surface area contributed by atoms with Crippen LogP contribution in [0.4, 0.5) is 4.79 Å². The summed E-state index contributed by atoms with van der Waals surface area (Å²) in [6, 6.07) is 6.16. The fourth-order valence-electron chi connectivity index (χ4n) is 1.64. The first kappa shape index (κ1) is 17.0. The van der Waals surface area contributed by atoms with E-state index >= 15 is 0 Å². The number of aryl methyl sites for hydroxylation is 1. The Hall–Kier alpha value is -2.04. The summed E-state index contributed by atoms with van der Waals surface area (Å²) in [4.78, 5) is 11.7. The average molecular weight is 309 g/mol. The van der Waals surface area contributed by atoms with Gasteiger partial charge in [-0.05, 0) is 31.6 Å². The van der Waals surface area contributed by atoms with Crippen LogP contribution in [0.25, 0.3) is 0 Å². The summed E-state index contributed by atoms with van der Waals surface area (Å²) in [5, 5.41) is 0. The molecule has 1 N–H and O–H groups in total. The third-order valence-electron chi connectivity index (χ3n) is 2.68. The molecule has 1 rings (SSSR count). The molecular weight excluding hydrogens is 290 g/mol. The van der Waals surface area contributed by atoms with E-state index in [4.69, 9.17) is 4.74 Å². The predicted molar refractivity (Wildman–Crippen MR) is 80.4 cm³/mol. The number of nitrogens with one attached hydrogen (secondary N) is 1. The SMILES string of the molecule is C=C=C[C@H](CCC)OC(=O)NS(=O)(=O)c1ccc(C)cc1. The molecule has 0 bridgehead atoms. The molecule has 1 aromatic rings. The Labute approximate surface area is 125 Å². The molecule has 5 nitrogen and oxygen atoms in total. The van der Waals surface area contributed by atoms with E-state index in [1.807, 2.05) is 18.6 Å². The molecular formula is C15H19NO4S. The third kappa shape index (κ3) is 5.45. The molecule has 6 heteroatoms. The van der Waals surface area contributed by atoms with Crippen molar-refractivity contribution in [1.29, 1.82) is 0 Å². The van der Waals surface area contributed by atoms with Crippen LogP contribution in [0.3, 0.4) is 0 Å². The van der Waals surface area contributed by atoms with Crippen LogP contribution in [0.2, 0.25) is 0 Å². The van der Waals surface area contributed by atoms with Gasteiger partial charge >= 0.3 is 6.09 Å². The van der Waals surface area contributed by atoms with Gasteiger partial charge in [-0.3, -0.25) is 0 Å². The molecule has 0 spiro atoms. The highest BCUT2D eigenvalue weighted by Gasteiger charge is 2.20. The van der Waals surface area contributed by atoms with Crippen molar-refractivity contribution in [2.24, 2.45) is 0 Å². The fourth-order valence-corrected chi connectivity index (χ4v) is 2.52. The second kappa shape index (κ2) is 7.67. The maximum absolute atomic E-state index is 12.0. The summed E-state index contributed by atoms with van der Waals surface area (Å²) >= 11 is 0. The first-order chi connectivity index (χ1) is 9.89. The first-order valence-electron chi connectivity index (χ1n) is 6.55. The summed E-state index contributed by atoms with van der Waals surface area (Å²) in [6.45, 7) is 7.18. The number of sulfonamides is 1. The molecule has 114 valence electrons. The molecule has 0 heterocycles. The van der Waals surface area contributed by atoms with Gasteiger partial charge in [-0.1, -0.05) is 37.6 Å². The molecule has 0 aromatic heterocycles. The van der Waals surface area contributed by atoms with Crippen molar-refractivity contribution >= 4 is 16.1 Å². The summed E-state index contributed by atoms with van der Waals surface area (Å²) in [7, 11) is -3.93. The maximum atomic E-state index is 12.0. The summed E-state index contributed by atoms with van der Waals surface area (Å²) in [6.07, 6.45) is 1.28. The highest BCUT2D eigenvalue weighted by Crippen LogP contribution is 2.11. The van der Waals surface area contributed by atoms with Gasteiger partial charge in [-0.15, -0.1) is 5.73 Å². The number of rotatable bonds is 6. The molecule has 0 aliphatic carbocycles. The molecule has 0 aliphatic heterocycles. The van der Waals surface area contributed by atoms with Crippen molar-refractivity contribution < 1.29 is 17.9 Å². The van der Waals surface area contributed by atoms with E-state index < -0.39 is 22.2 Å². The Bertz CT molecular complexity index is 628. The topological polar surface area (TPSA) is 72.5 Å². The van der Waals surface area contributed by atoms with Crippen molar-refractivity contribution in [2.75, 3.05) is 0 Å². The molecule has 1 aromatic carbocycles. The Morgan fingerprint density at radius 2 is 2.05 bits per heavy atom. The van der Waals surface area contributed by atoms with E-state index in [-0.39, 0.29) is 4.90 Å². The van der Waals surface area contributed by atoms with Crippen molar-refractivity contribution in [2.45, 2.75) is 37.7 Å². The highest BCUT2D eigenvalue weighted by molar-refractivity contribution is 7.90. The van der Waals surface area contributed by atoms with Crippen LogP contribution in [0.1, 0.15) is 25.3 Å². The van der Waals surface area contributed by atoms with Crippen LogP contribution in [-0.2, 0) is 14.8 Å². The number of hydrogen-bond acceptors (Lipinski definition) is 4. The van der Waals surface area contributed by atoms with Crippen molar-refractivity contribution in [3.8, 4) is 0 Å². The zero-order valence-corrected chi connectivity index (χ0v) is 12.9. The summed E-state index contributed by atoms with van der Waals surface area (Å²) in [5.41, 5.74) is 3.46. The molecule has 21 heavy (non-hydrogen) atoms. The molecule has 0 saturated heterocycles. The lowest BCUT2D eigenvalue weighted by atomic mass is 10.2. The van der Waals surface area contributed by atoms with Gasteiger partial charge in [0.25, 0.3) is 10.0 Å². The van der Waals surface area contributed by atoms with Gasteiger partial charge in [0.2, 0.25) is 0 Å². The van der Waals surface area contributed by atoms with Crippen molar-refractivity contribution in [3.05, 3.63) is 48.2 Å². The van der Waals surface area contributed by atoms with E-state index in [1.165, 1.54) is 18.2 Å². The molecule has 0 fully saturated rings. The Kier molecular flexibility index (Phi) is 6.21. The van der Waals surface area contributed by atoms with Gasteiger partial charge in [0, 0.05) is 0 Å². The Balaban J connectivity index is 2.76. The molecule has 1 atom stereocenters. The van der Waals surface area contributed by atoms with Gasteiger partial charge in [0.1, 0.15) is 6.10 Å². The van der Waals surface area contributed by atoms with Gasteiger partial charge in [0.15, 0.2) is 0 Å². The molecule has 0 unspecified atom stereocenters. The maximum Gasteiger partial charge on any atom is 0.421 e. The second-order valence-corrected chi connectivity index (χ2v) is 6.20. The fraction of sp³-hybridized carbons (Fsp3) is 0.333. The average Bonchev–Trinajstić information content (AvgIpc) is 2.39. The molecule has 0 radical (unpaired) electrons. The zero-order chi connectivity index (χ0) is 15.9. The normalized spacial score (nSPS) is 12.1. The van der Waals surface area contributed by atoms with E-state index in [1.54, 1.807) is 12.1 Å². The van der Waals surface area contributed by atoms with E-state index in [0.29, 0.717) is 6.42 Å². The van der Waals surface area contributed by atoms with Crippen LogP contribution in [0, 0.1) is 6.92 Å². The van der Waals surface area contributed by atoms with Crippen LogP contribution < -0.4 is 4.72 Å². The number of hydrogen-bond donors (Lipinski definition) is 1. The Morgan fingerprint density at radius 3 is 2.57 bits per heavy atom. The zero-order valence-electron chi connectivity index (χ0n) is 12.1. The minimum Gasteiger partial charge on any atom is -0.441 e. The number of benzene rings is 1. The standard InChI is InChI=1S/C15H19NO4S/c1-4-6-13(7-5-2)20-15(17)16-21(18,19)14-10-8-12(3)9-11-14/h6,8-11,13H,1,5,7H2,2-3H3,(H,16,17)/t13-/m1/s1. The van der Waals surface area contributed by atoms with Crippen LogP contribution >= 0.6 is 0 Å². The minimum atomic E-state index is -3.93. The first-order valence-corrected chi connectivity index (χ1v) is 8.03. The quantitative estimate of drug-likeness (QED) is 0.820. The molecule has 0 aliphatic rings. The summed E-state index contributed by atoms with van der Waals surface area (Å²) in [5.74, 6) is 0. The lowest BCUT2D eigenvalue weighted by Crippen LogP contribution is -2.33. The number of carbonyl (C=O) groups excluding carboxylic acids is 1. The minimum absolute atomic E-state index is 0.0105. The lowest BCUT2D eigenvalue weighted by molar-refractivity contribution is 0.121. The van der Waals surface area contributed by atoms with E-state index in [0.717, 1.165) is 12.0 Å². The van der Waals surface area contributed by atoms with E-state index in [2.05, 4.69) is 12.3 Å². The van der Waals surface area contributed by atoms with Gasteiger partial charge in [-0.25, -0.2) is 17.9 Å². The largest absolute Gasteiger partial charge is 0.441 e. The smallest absolute Gasteiger partial charge is 0.421 e. The van der Waals surface area contributed by atoms with Gasteiger partial charge in [-0.2, -0.15) is 0 Å². The lowest BCUT2D eigenvalue weighted by Gasteiger charge is -2.13. The van der Waals surface area contributed by atoms with Crippen LogP contribution in [-0.4, -0.2) is 20.6 Å². The van der Waals surface area contributed by atoms with Crippen molar-refractivity contribution in [1.82, 2.24) is 4.72 Å². The second-order valence-electron chi connectivity index (χ2n) is 4.52. The van der Waals surface area contributed by atoms with Gasteiger partial charge in [0.05, 0.1) is 4.90 Å². The predicted octanol–water partition coefficient (Wildman–Crippen LogP) is 2.92. The van der Waals surface area contributed by atoms with Crippen molar-refractivity contribution in [3.63, 3.8) is 0 Å². The van der Waals surface area contributed by atoms with Crippen LogP contribution in [0.5, 0.6) is 0 Å². The van der Waals surface area contributed by atoms with Crippen LogP contribution in [0.15, 0.2) is 47.5 Å². The number of amides is 1. The Morgan fingerprint density at radius 1 is 1.43 bits per heavy atom. The van der Waals surface area contributed by atoms with Gasteiger partial charge < -0.3 is 4.74 Å². The number of ether oxygens (including phenoxy) is 1. The molecule has 1 amide bonds. The number of carbonyl (C=O) groups is 1. The molecule has 0 saturated carbocycles. The third-order valence-corrected chi connectivity index (χ3v) is 4.01. The monoisotopic (exact) mass is 309 g/mol. The highest BCUT2D eigenvalue weighted by atomic mass is 32.2. The van der Waals surface area contributed by atoms with E-state index in [9.17, 15) is 13.2 Å². The summed E-state index contributed by atoms with van der Waals surface area (Å²) < 4.78 is 30.9.